The molecule has 0 saturated carbocycles. The molecule has 0 amide bonds. The van der Waals surface area contributed by atoms with Crippen LogP contribution in [0.4, 0.5) is 0 Å². The Hall–Kier alpha value is -7.08. The molecule has 0 unspecified atom stereocenters. The van der Waals surface area contributed by atoms with Crippen molar-refractivity contribution in [1.29, 1.82) is 0 Å². The van der Waals surface area contributed by atoms with E-state index < -0.39 is 95.3 Å². The van der Waals surface area contributed by atoms with Gasteiger partial charge in [0.25, 0.3) is 0 Å². The molecular formula is C73H96O12-4. The Kier molecular flexibility index (Phi) is 19.3. The van der Waals surface area contributed by atoms with Gasteiger partial charge in [-0.2, -0.15) is 0 Å². The third-order valence-electron chi connectivity index (χ3n) is 16.0. The molecule has 0 bridgehead atoms. The minimum atomic E-state index is -2.27. The molecule has 0 spiro atoms. The number of carboxylic acid groups (broad SMARTS) is 4. The molecule has 0 radical (unpaired) electrons. The monoisotopic (exact) mass is 1160 g/mol. The van der Waals surface area contributed by atoms with Crippen LogP contribution >= 0.6 is 0 Å². The SMILES string of the molecule is CC(C)(C)c1cc(/C=C/C(=O)O)c(CC(C)(C)C(c2c(/C=C/C(=O)O)cc(C(C)(C)C)c([O-])c2C(C)(C)C)(c2c(/C=C/C(=O)O)cc(C(C)(C)C)c([O-])c2C(C)(C)C)c2c(/C=C/C(=O)O)cc(C(C)(C)C)c([O-])c2C(C)(C)C)c(C(C)(C)C)c1[O-]. The largest absolute Gasteiger partial charge is 0.872 e. The second-order valence-corrected chi connectivity index (χ2v) is 32.0. The highest BCUT2D eigenvalue weighted by Gasteiger charge is 2.58. The third kappa shape index (κ3) is 14.4. The van der Waals surface area contributed by atoms with E-state index in [9.17, 15) is 39.6 Å². The standard InChI is InChI=1S/C73H100O12/c1-64(2,3)45-35-40(27-31-49(74)75)44(56(60(45)82)68(13,14)15)39-72(25,26)73(53-41(28-32-50(76)77)36-46(65(4,5)6)61(83)57(53)69(16,17)18,54-42(29-33-51(78)79)37-47(66(7,8)9)62(84)58(54)70(19,20)21)55-43(30-34-52(80)81)38-48(67(10,11)12)63(85)59(55)71(22,23)24/h27-38,82-85H,39H2,1-26H3,(H,74,75)(H,76,77)(H,78,79)(H,80,81)/p-4/b31-27+,32-28+,33-29+,34-30+. The first-order chi connectivity index (χ1) is 38.0. The van der Waals surface area contributed by atoms with E-state index in [1.807, 2.05) is 180 Å². The number of benzene rings is 4. The number of carboxylic acids is 4. The summed E-state index contributed by atoms with van der Waals surface area (Å²) in [7, 11) is 0. The lowest BCUT2D eigenvalue weighted by Crippen LogP contribution is -2.52. The first-order valence-electron chi connectivity index (χ1n) is 29.2. The molecule has 0 atom stereocenters. The fourth-order valence-electron chi connectivity index (χ4n) is 12.5. The van der Waals surface area contributed by atoms with Gasteiger partial charge in [-0.1, -0.05) is 204 Å². The Balaban J connectivity index is 3.12. The van der Waals surface area contributed by atoms with Crippen LogP contribution < -0.4 is 20.4 Å². The van der Waals surface area contributed by atoms with Crippen molar-refractivity contribution in [2.75, 3.05) is 0 Å². The molecule has 0 aliphatic rings. The topological polar surface area (TPSA) is 241 Å². The summed E-state index contributed by atoms with van der Waals surface area (Å²) in [4.78, 5) is 52.5. The summed E-state index contributed by atoms with van der Waals surface area (Å²) in [6, 6.07) is 6.67. The van der Waals surface area contributed by atoms with Gasteiger partial charge >= 0.3 is 23.9 Å². The Morgan fingerprint density at radius 1 is 0.318 bits per heavy atom. The molecule has 12 nitrogen and oxygen atoms in total. The van der Waals surface area contributed by atoms with Gasteiger partial charge in [0.2, 0.25) is 0 Å². The van der Waals surface area contributed by atoms with E-state index in [1.54, 1.807) is 24.3 Å². The number of hydrogen-bond donors (Lipinski definition) is 4. The van der Waals surface area contributed by atoms with Crippen molar-refractivity contribution >= 4 is 48.2 Å². The van der Waals surface area contributed by atoms with E-state index in [0.717, 1.165) is 24.3 Å². The number of aliphatic carboxylic acids is 4. The zero-order valence-corrected chi connectivity index (χ0v) is 55.7. The molecule has 0 saturated heterocycles. The average Bonchev–Trinajstić information content (AvgIpc) is 0.678. The van der Waals surface area contributed by atoms with Gasteiger partial charge in [0.15, 0.2) is 0 Å². The summed E-state index contributed by atoms with van der Waals surface area (Å²) < 4.78 is 0. The van der Waals surface area contributed by atoms with Crippen LogP contribution in [0.2, 0.25) is 0 Å². The second-order valence-electron chi connectivity index (χ2n) is 32.0. The van der Waals surface area contributed by atoms with E-state index in [0.29, 0.717) is 38.9 Å². The highest BCUT2D eigenvalue weighted by atomic mass is 16.4. The van der Waals surface area contributed by atoms with E-state index in [4.69, 9.17) is 0 Å². The number of carbonyl (C=O) groups is 4. The van der Waals surface area contributed by atoms with Crippen LogP contribution in [0.3, 0.4) is 0 Å². The van der Waals surface area contributed by atoms with E-state index in [2.05, 4.69) is 0 Å². The van der Waals surface area contributed by atoms with Crippen LogP contribution in [0.15, 0.2) is 48.6 Å². The molecule has 0 aromatic heterocycles. The van der Waals surface area contributed by atoms with Gasteiger partial charge in [-0.3, -0.25) is 0 Å². The Bertz CT molecular complexity index is 3160. The quantitative estimate of drug-likeness (QED) is 0.0681. The lowest BCUT2D eigenvalue weighted by atomic mass is 9.46. The van der Waals surface area contributed by atoms with Gasteiger partial charge in [0, 0.05) is 24.3 Å². The van der Waals surface area contributed by atoms with Gasteiger partial charge < -0.3 is 40.9 Å². The minimum absolute atomic E-state index is 0.144. The lowest BCUT2D eigenvalue weighted by Gasteiger charge is -2.57. The number of rotatable bonds is 14. The average molecular weight is 1170 g/mol. The first-order valence-corrected chi connectivity index (χ1v) is 29.2. The maximum atomic E-state index is 16.6. The van der Waals surface area contributed by atoms with E-state index in [1.165, 1.54) is 24.3 Å². The van der Waals surface area contributed by atoms with Crippen LogP contribution in [0.25, 0.3) is 24.3 Å². The second kappa shape index (κ2) is 23.3. The van der Waals surface area contributed by atoms with Crippen molar-refractivity contribution in [3.63, 3.8) is 0 Å². The zero-order valence-electron chi connectivity index (χ0n) is 55.7. The van der Waals surface area contributed by atoms with Gasteiger partial charge in [0.1, 0.15) is 0 Å². The third-order valence-corrected chi connectivity index (χ3v) is 16.0. The fraction of sp³-hybridized carbons (Fsp3) is 0.507. The molecule has 0 aliphatic carbocycles. The molecule has 4 rings (SSSR count). The summed E-state index contributed by atoms with van der Waals surface area (Å²) in [5, 5.41) is 108. The molecule has 464 valence electrons. The molecule has 85 heavy (non-hydrogen) atoms. The predicted molar refractivity (Wildman–Crippen MR) is 337 cm³/mol. The van der Waals surface area contributed by atoms with Crippen molar-refractivity contribution in [2.24, 2.45) is 5.41 Å². The normalized spacial score (nSPS) is 14.0. The molecule has 0 heterocycles. The summed E-state index contributed by atoms with van der Waals surface area (Å²) in [5.74, 6) is -6.96. The lowest BCUT2D eigenvalue weighted by molar-refractivity contribution is -0.272. The van der Waals surface area contributed by atoms with Crippen molar-refractivity contribution in [2.45, 2.75) is 235 Å². The van der Waals surface area contributed by atoms with Gasteiger partial charge in [0.05, 0.1) is 5.41 Å². The summed E-state index contributed by atoms with van der Waals surface area (Å²) in [6.07, 6.45) is 9.27. The maximum Gasteiger partial charge on any atom is 0.328 e. The summed E-state index contributed by atoms with van der Waals surface area (Å²) in [6.45, 7) is 48.5. The molecule has 4 aromatic carbocycles. The van der Waals surface area contributed by atoms with Crippen molar-refractivity contribution in [3.8, 4) is 23.0 Å². The molecular weight excluding hydrogens is 1070 g/mol. The predicted octanol–water partition coefficient (Wildman–Crippen LogP) is 14.4. The molecule has 4 N–H and O–H groups in total. The highest BCUT2D eigenvalue weighted by molar-refractivity contribution is 5.91. The van der Waals surface area contributed by atoms with Crippen LogP contribution in [0.1, 0.15) is 269 Å². The highest BCUT2D eigenvalue weighted by Crippen LogP contribution is 2.66. The van der Waals surface area contributed by atoms with Crippen LogP contribution in [-0.4, -0.2) is 44.3 Å². The van der Waals surface area contributed by atoms with E-state index >= 15 is 20.4 Å². The molecule has 12 heteroatoms. The van der Waals surface area contributed by atoms with Crippen molar-refractivity contribution < 1.29 is 60.0 Å². The summed E-state index contributed by atoms with van der Waals surface area (Å²) >= 11 is 0. The zero-order chi connectivity index (χ0) is 66.0. The Labute approximate surface area is 507 Å². The maximum absolute atomic E-state index is 16.6. The van der Waals surface area contributed by atoms with Gasteiger partial charge in [-0.05, 0) is 168 Å². The van der Waals surface area contributed by atoms with Crippen molar-refractivity contribution in [1.82, 2.24) is 0 Å². The van der Waals surface area contributed by atoms with Gasteiger partial charge in [-0.15, -0.1) is 23.0 Å². The minimum Gasteiger partial charge on any atom is -0.872 e. The number of hydrogen-bond acceptors (Lipinski definition) is 8. The first kappa shape index (κ1) is 70.4. The van der Waals surface area contributed by atoms with E-state index in [-0.39, 0.29) is 62.2 Å². The molecule has 0 fully saturated rings. The van der Waals surface area contributed by atoms with Crippen molar-refractivity contribution in [3.05, 3.63) is 138 Å². The van der Waals surface area contributed by atoms with Gasteiger partial charge in [-0.25, -0.2) is 19.2 Å². The summed E-state index contributed by atoms with van der Waals surface area (Å²) in [5.41, 5.74) is -8.38. The van der Waals surface area contributed by atoms with Crippen LogP contribution in [0.5, 0.6) is 23.0 Å². The Morgan fingerprint density at radius 2 is 0.518 bits per heavy atom. The fourth-order valence-corrected chi connectivity index (χ4v) is 12.5. The smallest absolute Gasteiger partial charge is 0.328 e. The van der Waals surface area contributed by atoms with Crippen LogP contribution in [-0.2, 0) is 74.3 Å². The van der Waals surface area contributed by atoms with Crippen LogP contribution in [0, 0.1) is 5.41 Å². The Morgan fingerprint density at radius 3 is 0.718 bits per heavy atom. The molecule has 0 aliphatic heterocycles. The molecule has 4 aromatic rings.